The Morgan fingerprint density at radius 2 is 0.767 bits per heavy atom. The smallest absolute Gasteiger partial charge is 0.268 e. The van der Waals surface area contributed by atoms with Gasteiger partial charge in [-0.3, -0.25) is 9.36 Å². The van der Waals surface area contributed by atoms with E-state index >= 15 is 0 Å². The van der Waals surface area contributed by atoms with Crippen molar-refractivity contribution in [3.63, 3.8) is 0 Å². The number of carbonyl (C=O) groups excluding carboxylic acids is 1. The Kier molecular flexibility index (Phi) is 54.9. The van der Waals surface area contributed by atoms with E-state index in [1.807, 2.05) is 27.2 Å². The summed E-state index contributed by atoms with van der Waals surface area (Å²) in [7, 11) is 1.26. The van der Waals surface area contributed by atoms with Crippen LogP contribution in [0.2, 0.25) is 0 Å². The fraction of sp³-hybridized carbons (Fsp3) is 0.922. The molecule has 1 amide bonds. The van der Waals surface area contributed by atoms with E-state index in [4.69, 9.17) is 9.05 Å². The molecule has 0 spiro atoms. The topological polar surface area (TPSA) is 108 Å². The zero-order valence-corrected chi connectivity index (χ0v) is 50.5. The molecule has 0 aromatic heterocycles. The summed E-state index contributed by atoms with van der Waals surface area (Å²) < 4.78 is 23.3. The molecule has 0 aliphatic rings. The predicted molar refractivity (Wildman–Crippen MR) is 316 cm³/mol. The van der Waals surface area contributed by atoms with Gasteiger partial charge in [-0.25, -0.2) is 0 Å². The van der Waals surface area contributed by atoms with Crippen molar-refractivity contribution in [2.24, 2.45) is 0 Å². The van der Waals surface area contributed by atoms with Crippen LogP contribution in [-0.2, 0) is 18.4 Å². The summed E-state index contributed by atoms with van der Waals surface area (Å²) in [5.41, 5.74) is 0. The summed E-state index contributed by atoms with van der Waals surface area (Å²) in [6.45, 7) is 4.66. The number of nitrogens with one attached hydrogen (secondary N) is 1. The average Bonchev–Trinajstić information content (AvgIpc) is 3.35. The first-order valence-corrected chi connectivity index (χ1v) is 33.7. The van der Waals surface area contributed by atoms with Gasteiger partial charge in [0.15, 0.2) is 0 Å². The van der Waals surface area contributed by atoms with Crippen LogP contribution in [0.15, 0.2) is 24.3 Å². The minimum Gasteiger partial charge on any atom is -0.756 e. The molecule has 0 bridgehead atoms. The van der Waals surface area contributed by atoms with E-state index in [0.717, 1.165) is 38.5 Å². The molecular formula is C64H127N2O6P. The summed E-state index contributed by atoms with van der Waals surface area (Å²) in [4.78, 5) is 25.5. The van der Waals surface area contributed by atoms with Gasteiger partial charge in [0.05, 0.1) is 39.9 Å². The Labute approximate surface area is 455 Å². The van der Waals surface area contributed by atoms with Gasteiger partial charge in [0, 0.05) is 6.42 Å². The number of carbonyl (C=O) groups is 1. The maximum absolute atomic E-state index is 13.0. The molecule has 0 saturated heterocycles. The van der Waals surface area contributed by atoms with E-state index in [0.29, 0.717) is 17.4 Å². The second kappa shape index (κ2) is 55.7. The highest BCUT2D eigenvalue weighted by atomic mass is 31.2. The van der Waals surface area contributed by atoms with Crippen molar-refractivity contribution in [1.82, 2.24) is 5.32 Å². The highest BCUT2D eigenvalue weighted by Gasteiger charge is 2.23. The number of unbranched alkanes of at least 4 members (excludes halogenated alkanes) is 45. The van der Waals surface area contributed by atoms with Crippen molar-refractivity contribution in [2.45, 2.75) is 341 Å². The fourth-order valence-corrected chi connectivity index (χ4v) is 10.6. The summed E-state index contributed by atoms with van der Waals surface area (Å²) in [5, 5.41) is 13.8. The van der Waals surface area contributed by atoms with E-state index in [1.165, 1.54) is 270 Å². The van der Waals surface area contributed by atoms with Gasteiger partial charge in [0.25, 0.3) is 7.82 Å². The zero-order chi connectivity index (χ0) is 53.5. The number of likely N-dealkylation sites (N-methyl/N-ethyl adjacent to an activating group) is 1. The molecule has 0 saturated carbocycles. The predicted octanol–water partition coefficient (Wildman–Crippen LogP) is 19.3. The SMILES string of the molecule is CCCCCCCCCC/C=C/CC/C=C/C(O)C(COP(=O)([O-])OCC[N+](C)(C)C)NC(=O)CCCCCCCCCCCCCCCCCCCCCCCCCCCCCCCCCCCCCCC. The highest BCUT2D eigenvalue weighted by molar-refractivity contribution is 7.45. The second-order valence-corrected chi connectivity index (χ2v) is 24.9. The quantitative estimate of drug-likeness (QED) is 0.0272. The third-order valence-corrected chi connectivity index (χ3v) is 15.9. The molecule has 3 atom stereocenters. The van der Waals surface area contributed by atoms with E-state index in [2.05, 4.69) is 31.3 Å². The van der Waals surface area contributed by atoms with Crippen molar-refractivity contribution < 1.29 is 32.9 Å². The number of hydrogen-bond acceptors (Lipinski definition) is 6. The summed E-state index contributed by atoms with van der Waals surface area (Å²) in [6.07, 6.45) is 71.7. The van der Waals surface area contributed by atoms with E-state index in [1.54, 1.807) is 6.08 Å². The molecular weight excluding hydrogens is 924 g/mol. The number of phosphoric ester groups is 1. The molecule has 0 aliphatic carbocycles. The third kappa shape index (κ3) is 58.5. The van der Waals surface area contributed by atoms with Crippen LogP contribution in [0.4, 0.5) is 0 Å². The van der Waals surface area contributed by atoms with Crippen LogP contribution in [0.25, 0.3) is 0 Å². The van der Waals surface area contributed by atoms with Crippen molar-refractivity contribution in [3.05, 3.63) is 24.3 Å². The maximum Gasteiger partial charge on any atom is 0.268 e. The molecule has 8 nitrogen and oxygen atoms in total. The Morgan fingerprint density at radius 3 is 1.11 bits per heavy atom. The molecule has 0 aromatic rings. The number of allylic oxidation sites excluding steroid dienone is 3. The largest absolute Gasteiger partial charge is 0.756 e. The number of aliphatic hydroxyl groups excluding tert-OH is 1. The van der Waals surface area contributed by atoms with Crippen molar-refractivity contribution in [3.8, 4) is 0 Å². The molecule has 0 aromatic carbocycles. The van der Waals surface area contributed by atoms with Crippen molar-refractivity contribution >= 4 is 13.7 Å². The summed E-state index contributed by atoms with van der Waals surface area (Å²) in [5.74, 6) is -0.201. The van der Waals surface area contributed by atoms with Gasteiger partial charge < -0.3 is 28.8 Å². The number of rotatable bonds is 60. The number of hydrogen-bond donors (Lipinski definition) is 2. The molecule has 73 heavy (non-hydrogen) atoms. The lowest BCUT2D eigenvalue weighted by Gasteiger charge is -2.29. The van der Waals surface area contributed by atoms with Crippen LogP contribution >= 0.6 is 7.82 Å². The Hall–Kier alpha value is -1.02. The molecule has 9 heteroatoms. The van der Waals surface area contributed by atoms with Gasteiger partial charge in [0.1, 0.15) is 13.2 Å². The number of aliphatic hydroxyl groups is 1. The molecule has 0 fully saturated rings. The van der Waals surface area contributed by atoms with E-state index < -0.39 is 20.0 Å². The monoisotopic (exact) mass is 1050 g/mol. The Bertz CT molecular complexity index is 1240. The molecule has 3 unspecified atom stereocenters. The van der Waals surface area contributed by atoms with Gasteiger partial charge in [-0.1, -0.05) is 314 Å². The Morgan fingerprint density at radius 1 is 0.466 bits per heavy atom. The summed E-state index contributed by atoms with van der Waals surface area (Å²) in [6, 6.07) is -0.900. The summed E-state index contributed by atoms with van der Waals surface area (Å²) >= 11 is 0. The van der Waals surface area contributed by atoms with Crippen molar-refractivity contribution in [1.29, 1.82) is 0 Å². The van der Waals surface area contributed by atoms with Crippen LogP contribution in [0, 0.1) is 0 Å². The number of amides is 1. The van der Waals surface area contributed by atoms with E-state index in [-0.39, 0.29) is 19.1 Å². The number of phosphoric acid groups is 1. The lowest BCUT2D eigenvalue weighted by Crippen LogP contribution is -2.45. The molecule has 0 rings (SSSR count). The first-order chi connectivity index (χ1) is 35.5. The second-order valence-electron chi connectivity index (χ2n) is 23.5. The number of nitrogens with zero attached hydrogens (tertiary/aromatic N) is 1. The first-order valence-electron chi connectivity index (χ1n) is 32.2. The van der Waals surface area contributed by atoms with Crippen LogP contribution in [0.5, 0.6) is 0 Å². The standard InChI is InChI=1S/C64H127N2O6P/c1-6-8-10-12-14-16-18-20-22-23-24-25-26-27-28-29-30-31-32-33-34-35-36-37-38-39-40-41-42-43-44-46-48-50-52-54-56-58-64(68)65-62(61-72-73(69,70)71-60-59-66(3,4)5)63(67)57-55-53-51-49-47-45-21-19-17-15-13-11-9-7-2/h47,49,55,57,62-63,67H,6-46,48,50-54,56,58-61H2,1-5H3,(H-,65,68,69,70)/b49-47+,57-55+. The normalized spacial score (nSPS) is 13.9. The Balaban J connectivity index is 3.89. The third-order valence-electron chi connectivity index (χ3n) is 14.9. The highest BCUT2D eigenvalue weighted by Crippen LogP contribution is 2.38. The molecule has 0 radical (unpaired) electrons. The lowest BCUT2D eigenvalue weighted by atomic mass is 10.0. The van der Waals surface area contributed by atoms with Crippen LogP contribution in [0.3, 0.4) is 0 Å². The first kappa shape index (κ1) is 72.0. The van der Waals surface area contributed by atoms with Gasteiger partial charge in [-0.05, 0) is 32.1 Å². The van der Waals surface area contributed by atoms with Crippen LogP contribution in [0.1, 0.15) is 328 Å². The molecule has 2 N–H and O–H groups in total. The molecule has 0 aliphatic heterocycles. The van der Waals surface area contributed by atoms with Gasteiger partial charge >= 0.3 is 0 Å². The van der Waals surface area contributed by atoms with E-state index in [9.17, 15) is 19.4 Å². The fourth-order valence-electron chi connectivity index (χ4n) is 9.88. The van der Waals surface area contributed by atoms with Gasteiger partial charge in [-0.2, -0.15) is 0 Å². The van der Waals surface area contributed by atoms with Gasteiger partial charge in [0.2, 0.25) is 5.91 Å². The zero-order valence-electron chi connectivity index (χ0n) is 49.6. The maximum atomic E-state index is 13.0. The minimum absolute atomic E-state index is 0.00387. The molecule has 0 heterocycles. The van der Waals surface area contributed by atoms with Crippen molar-refractivity contribution in [2.75, 3.05) is 40.9 Å². The van der Waals surface area contributed by atoms with Crippen LogP contribution in [-0.4, -0.2) is 68.5 Å². The minimum atomic E-state index is -4.60. The van der Waals surface area contributed by atoms with Gasteiger partial charge in [-0.15, -0.1) is 0 Å². The average molecular weight is 1050 g/mol. The van der Waals surface area contributed by atoms with Crippen LogP contribution < -0.4 is 10.2 Å². The molecule has 434 valence electrons. The number of quaternary nitrogens is 1. The lowest BCUT2D eigenvalue weighted by molar-refractivity contribution is -0.870.